The summed E-state index contributed by atoms with van der Waals surface area (Å²) in [5, 5.41) is 8.53. The molecule has 0 aliphatic carbocycles. The molecule has 0 fully saturated rings. The van der Waals surface area contributed by atoms with Crippen molar-refractivity contribution in [1.82, 2.24) is 0 Å². The van der Waals surface area contributed by atoms with Gasteiger partial charge in [-0.25, -0.2) is 4.79 Å². The Labute approximate surface area is 77.9 Å². The van der Waals surface area contributed by atoms with Gasteiger partial charge in [-0.3, -0.25) is 0 Å². The maximum Gasteiger partial charge on any atom is 0.331 e. The smallest absolute Gasteiger partial charge is 0.331 e. The molecule has 0 heterocycles. The number of hydrogen-bond acceptors (Lipinski definition) is 1. The molecular formula is C8H14CoO2. The Balaban J connectivity index is 0. The summed E-state index contributed by atoms with van der Waals surface area (Å²) in [7, 11) is 0. The van der Waals surface area contributed by atoms with Crippen LogP contribution in [-0.2, 0) is 21.6 Å². The molecule has 0 aromatic carbocycles. The fourth-order valence-corrected chi connectivity index (χ4v) is 0.701. The second-order valence-corrected chi connectivity index (χ2v) is 2.18. The van der Waals surface area contributed by atoms with E-state index in [-0.39, 0.29) is 16.8 Å². The first kappa shape index (κ1) is 13.3. The van der Waals surface area contributed by atoms with Gasteiger partial charge in [-0.2, -0.15) is 0 Å². The van der Waals surface area contributed by atoms with Crippen LogP contribution in [-0.4, -0.2) is 11.1 Å². The number of rotatable bonds is 4. The first-order valence-corrected chi connectivity index (χ1v) is 3.64. The molecule has 0 aliphatic rings. The first-order valence-electron chi connectivity index (χ1n) is 3.64. The van der Waals surface area contributed by atoms with Gasteiger partial charge in [0.05, 0.1) is 0 Å². The minimum absolute atomic E-state index is 0. The molecule has 67 valence electrons. The van der Waals surface area contributed by atoms with Crippen LogP contribution in [0.2, 0.25) is 0 Å². The SMILES string of the molecule is CCCC=C(CC)C(=O)O.[Co]. The van der Waals surface area contributed by atoms with Crippen molar-refractivity contribution in [3.05, 3.63) is 11.6 Å². The van der Waals surface area contributed by atoms with E-state index in [2.05, 4.69) is 0 Å². The van der Waals surface area contributed by atoms with E-state index in [0.29, 0.717) is 12.0 Å². The minimum atomic E-state index is -0.782. The Bertz CT molecular complexity index is 141. The van der Waals surface area contributed by atoms with E-state index in [1.807, 2.05) is 13.8 Å². The van der Waals surface area contributed by atoms with Gasteiger partial charge in [0.15, 0.2) is 0 Å². The Kier molecular flexibility index (Phi) is 9.47. The van der Waals surface area contributed by atoms with Crippen LogP contribution in [0.25, 0.3) is 0 Å². The second-order valence-electron chi connectivity index (χ2n) is 2.18. The van der Waals surface area contributed by atoms with E-state index in [9.17, 15) is 4.79 Å². The third-order valence-corrected chi connectivity index (χ3v) is 1.34. The summed E-state index contributed by atoms with van der Waals surface area (Å²) in [5.74, 6) is -0.782. The van der Waals surface area contributed by atoms with Crippen LogP contribution in [0.15, 0.2) is 11.6 Å². The Morgan fingerprint density at radius 2 is 2.00 bits per heavy atom. The average Bonchev–Trinajstić information content (AvgIpc) is 1.89. The molecule has 1 radical (unpaired) electrons. The predicted octanol–water partition coefficient (Wildman–Crippen LogP) is 2.20. The second kappa shape index (κ2) is 7.82. The van der Waals surface area contributed by atoms with Crippen molar-refractivity contribution in [1.29, 1.82) is 0 Å². The summed E-state index contributed by atoms with van der Waals surface area (Å²) in [6.45, 7) is 3.89. The first-order chi connectivity index (χ1) is 4.72. The zero-order valence-corrected chi connectivity index (χ0v) is 7.93. The molecule has 0 spiro atoms. The van der Waals surface area contributed by atoms with Crippen LogP contribution >= 0.6 is 0 Å². The monoisotopic (exact) mass is 201 g/mol. The van der Waals surface area contributed by atoms with Crippen LogP contribution in [0.3, 0.4) is 0 Å². The number of carbonyl (C=O) groups is 1. The predicted molar refractivity (Wildman–Crippen MR) is 40.9 cm³/mol. The molecule has 11 heavy (non-hydrogen) atoms. The third kappa shape index (κ3) is 6.13. The van der Waals surface area contributed by atoms with Crippen LogP contribution in [0.4, 0.5) is 0 Å². The van der Waals surface area contributed by atoms with Crippen molar-refractivity contribution >= 4 is 5.97 Å². The quantitative estimate of drug-likeness (QED) is 0.708. The molecule has 0 aromatic heterocycles. The van der Waals surface area contributed by atoms with Crippen LogP contribution in [0.1, 0.15) is 33.1 Å². The number of unbranched alkanes of at least 4 members (excludes halogenated alkanes) is 1. The summed E-state index contributed by atoms with van der Waals surface area (Å²) in [4.78, 5) is 10.4. The van der Waals surface area contributed by atoms with Crippen molar-refractivity contribution in [2.75, 3.05) is 0 Å². The summed E-state index contributed by atoms with van der Waals surface area (Å²) < 4.78 is 0. The summed E-state index contributed by atoms with van der Waals surface area (Å²) >= 11 is 0. The molecule has 0 aliphatic heterocycles. The largest absolute Gasteiger partial charge is 0.478 e. The number of hydrogen-bond donors (Lipinski definition) is 1. The van der Waals surface area contributed by atoms with E-state index in [1.54, 1.807) is 6.08 Å². The molecule has 0 unspecified atom stereocenters. The molecule has 0 amide bonds. The molecule has 0 saturated carbocycles. The van der Waals surface area contributed by atoms with E-state index < -0.39 is 5.97 Å². The molecule has 0 saturated heterocycles. The van der Waals surface area contributed by atoms with Gasteiger partial charge in [-0.15, -0.1) is 0 Å². The van der Waals surface area contributed by atoms with Gasteiger partial charge in [0, 0.05) is 22.4 Å². The molecule has 0 bridgehead atoms. The minimum Gasteiger partial charge on any atom is -0.478 e. The van der Waals surface area contributed by atoms with Crippen molar-refractivity contribution in [3.63, 3.8) is 0 Å². The maximum absolute atomic E-state index is 10.4. The number of carboxylic acid groups (broad SMARTS) is 1. The van der Waals surface area contributed by atoms with E-state index >= 15 is 0 Å². The molecule has 2 nitrogen and oxygen atoms in total. The van der Waals surface area contributed by atoms with Crippen molar-refractivity contribution < 1.29 is 26.7 Å². The van der Waals surface area contributed by atoms with Gasteiger partial charge >= 0.3 is 5.97 Å². The zero-order valence-electron chi connectivity index (χ0n) is 6.89. The number of aliphatic carboxylic acids is 1. The number of carboxylic acids is 1. The van der Waals surface area contributed by atoms with Crippen LogP contribution in [0.5, 0.6) is 0 Å². The standard InChI is InChI=1S/C8H14O2.Co/c1-3-5-6-7(4-2)8(9)10;/h6H,3-5H2,1-2H3,(H,9,10);. The van der Waals surface area contributed by atoms with Crippen LogP contribution in [0, 0.1) is 0 Å². The van der Waals surface area contributed by atoms with Crippen molar-refractivity contribution in [3.8, 4) is 0 Å². The fourth-order valence-electron chi connectivity index (χ4n) is 0.701. The normalized spacial score (nSPS) is 10.5. The van der Waals surface area contributed by atoms with Gasteiger partial charge in [0.2, 0.25) is 0 Å². The molecule has 1 N–H and O–H groups in total. The van der Waals surface area contributed by atoms with E-state index in [4.69, 9.17) is 5.11 Å². The zero-order chi connectivity index (χ0) is 7.98. The maximum atomic E-state index is 10.4. The summed E-state index contributed by atoms with van der Waals surface area (Å²) in [6, 6.07) is 0. The van der Waals surface area contributed by atoms with E-state index in [0.717, 1.165) is 12.8 Å². The van der Waals surface area contributed by atoms with Gasteiger partial charge in [0.1, 0.15) is 0 Å². The Morgan fingerprint density at radius 1 is 1.45 bits per heavy atom. The molecule has 0 rings (SSSR count). The van der Waals surface area contributed by atoms with Gasteiger partial charge < -0.3 is 5.11 Å². The third-order valence-electron chi connectivity index (χ3n) is 1.34. The molecule has 3 heteroatoms. The Hall–Kier alpha value is -0.284. The van der Waals surface area contributed by atoms with Crippen molar-refractivity contribution in [2.45, 2.75) is 33.1 Å². The molecule has 0 aromatic rings. The van der Waals surface area contributed by atoms with Crippen LogP contribution < -0.4 is 0 Å². The average molecular weight is 201 g/mol. The van der Waals surface area contributed by atoms with Gasteiger partial charge in [-0.1, -0.05) is 26.3 Å². The molecular weight excluding hydrogens is 187 g/mol. The fraction of sp³-hybridized carbons (Fsp3) is 0.625. The molecule has 0 atom stereocenters. The topological polar surface area (TPSA) is 37.3 Å². The van der Waals surface area contributed by atoms with Gasteiger partial charge in [-0.05, 0) is 12.8 Å². The Morgan fingerprint density at radius 3 is 2.27 bits per heavy atom. The summed E-state index contributed by atoms with van der Waals surface area (Å²) in [5.41, 5.74) is 0.529. The summed E-state index contributed by atoms with van der Waals surface area (Å²) in [6.07, 6.45) is 4.30. The number of allylic oxidation sites excluding steroid dienone is 1. The van der Waals surface area contributed by atoms with E-state index in [1.165, 1.54) is 0 Å². The van der Waals surface area contributed by atoms with Crippen molar-refractivity contribution in [2.24, 2.45) is 0 Å². The van der Waals surface area contributed by atoms with Gasteiger partial charge in [0.25, 0.3) is 0 Å².